The van der Waals surface area contributed by atoms with Gasteiger partial charge in [-0.15, -0.1) is 0 Å². The molecule has 0 aromatic heterocycles. The smallest absolute Gasteiger partial charge is 0.174 e. The maximum atomic E-state index is 7.27. The summed E-state index contributed by atoms with van der Waals surface area (Å²) in [6, 6.07) is 0.323. The van der Waals surface area contributed by atoms with Crippen molar-refractivity contribution in [2.24, 2.45) is 0 Å². The molecule has 0 atom stereocenters. The largest absolute Gasteiger partial charge is 0.360 e. The van der Waals surface area contributed by atoms with Crippen LogP contribution in [0.25, 0.3) is 0 Å². The van der Waals surface area contributed by atoms with Crippen LogP contribution < -0.4 is 5.32 Å². The summed E-state index contributed by atoms with van der Waals surface area (Å²) in [7, 11) is 1.78. The van der Waals surface area contributed by atoms with E-state index >= 15 is 0 Å². The quantitative estimate of drug-likeness (QED) is 0.355. The SMILES string of the molecule is CC(=N)N(C)C(=S)NC(C)C. The van der Waals surface area contributed by atoms with E-state index in [1.807, 2.05) is 13.8 Å². The highest BCUT2D eigenvalue weighted by Crippen LogP contribution is 1.88. The Bertz CT molecular complexity index is 165. The predicted molar refractivity (Wildman–Crippen MR) is 52.0 cm³/mol. The van der Waals surface area contributed by atoms with Crippen molar-refractivity contribution in [3.63, 3.8) is 0 Å². The summed E-state index contributed by atoms with van der Waals surface area (Å²) in [6.45, 7) is 5.73. The molecule has 0 amide bonds. The monoisotopic (exact) mass is 173 g/mol. The van der Waals surface area contributed by atoms with Crippen molar-refractivity contribution >= 4 is 23.2 Å². The maximum Gasteiger partial charge on any atom is 0.174 e. The number of hydrogen-bond donors (Lipinski definition) is 2. The first-order valence-electron chi connectivity index (χ1n) is 3.54. The van der Waals surface area contributed by atoms with Gasteiger partial charge < -0.3 is 10.2 Å². The molecule has 0 unspecified atom stereocenters. The first kappa shape index (κ1) is 10.4. The van der Waals surface area contributed by atoms with E-state index in [1.54, 1.807) is 18.9 Å². The van der Waals surface area contributed by atoms with Gasteiger partial charge in [-0.2, -0.15) is 0 Å². The minimum atomic E-state index is 0.323. The predicted octanol–water partition coefficient (Wildman–Crippen LogP) is 1.20. The van der Waals surface area contributed by atoms with E-state index in [2.05, 4.69) is 5.32 Å². The van der Waals surface area contributed by atoms with Crippen LogP contribution in [-0.2, 0) is 0 Å². The molecule has 0 rings (SSSR count). The number of rotatable bonds is 1. The molecule has 0 saturated carbocycles. The average molecular weight is 173 g/mol. The molecule has 2 N–H and O–H groups in total. The number of amidine groups is 1. The standard InChI is InChI=1S/C7H15N3S/c1-5(2)9-7(11)10(4)6(3)8/h5,8H,1-4H3,(H,9,11). The highest BCUT2D eigenvalue weighted by molar-refractivity contribution is 7.80. The van der Waals surface area contributed by atoms with Crippen LogP contribution in [-0.4, -0.2) is 28.9 Å². The van der Waals surface area contributed by atoms with Crippen molar-refractivity contribution in [1.29, 1.82) is 5.41 Å². The lowest BCUT2D eigenvalue weighted by Gasteiger charge is -2.21. The van der Waals surface area contributed by atoms with Crippen molar-refractivity contribution in [3.05, 3.63) is 0 Å². The van der Waals surface area contributed by atoms with Gasteiger partial charge in [-0.3, -0.25) is 5.41 Å². The van der Waals surface area contributed by atoms with E-state index in [9.17, 15) is 0 Å². The molecule has 0 aromatic rings. The van der Waals surface area contributed by atoms with Gasteiger partial charge in [0.1, 0.15) is 0 Å². The third kappa shape index (κ3) is 3.93. The van der Waals surface area contributed by atoms with E-state index in [-0.39, 0.29) is 0 Å². The Balaban J connectivity index is 3.93. The fourth-order valence-electron chi connectivity index (χ4n) is 0.496. The average Bonchev–Trinajstić information content (AvgIpc) is 1.84. The highest BCUT2D eigenvalue weighted by Gasteiger charge is 2.05. The topological polar surface area (TPSA) is 39.1 Å². The van der Waals surface area contributed by atoms with Gasteiger partial charge in [0.15, 0.2) is 5.11 Å². The van der Waals surface area contributed by atoms with Gasteiger partial charge >= 0.3 is 0 Å². The number of nitrogens with one attached hydrogen (secondary N) is 2. The summed E-state index contributed by atoms with van der Waals surface area (Å²) in [4.78, 5) is 1.63. The second-order valence-electron chi connectivity index (χ2n) is 2.75. The minimum Gasteiger partial charge on any atom is -0.360 e. The summed E-state index contributed by atoms with van der Waals surface area (Å²) in [5, 5.41) is 10.9. The van der Waals surface area contributed by atoms with Gasteiger partial charge in [-0.25, -0.2) is 0 Å². The summed E-state index contributed by atoms with van der Waals surface area (Å²) in [5.74, 6) is 0.447. The van der Waals surface area contributed by atoms with Crippen LogP contribution >= 0.6 is 12.2 Å². The van der Waals surface area contributed by atoms with Crippen molar-refractivity contribution in [1.82, 2.24) is 10.2 Å². The molecule has 0 radical (unpaired) electrons. The molecule has 0 spiro atoms. The zero-order valence-electron chi connectivity index (χ0n) is 7.43. The Morgan fingerprint density at radius 2 is 2.00 bits per heavy atom. The summed E-state index contributed by atoms with van der Waals surface area (Å²) in [5.41, 5.74) is 0. The molecular weight excluding hydrogens is 158 g/mol. The Kier molecular flexibility index (Phi) is 4.03. The van der Waals surface area contributed by atoms with Gasteiger partial charge in [-0.05, 0) is 33.0 Å². The number of hydrogen-bond acceptors (Lipinski definition) is 2. The molecular formula is C7H15N3S. The van der Waals surface area contributed by atoms with Crippen molar-refractivity contribution in [2.45, 2.75) is 26.8 Å². The zero-order valence-corrected chi connectivity index (χ0v) is 8.25. The summed E-state index contributed by atoms with van der Waals surface area (Å²) >= 11 is 5.00. The fraction of sp³-hybridized carbons (Fsp3) is 0.714. The Morgan fingerprint density at radius 1 is 1.55 bits per heavy atom. The Hall–Kier alpha value is -0.640. The second kappa shape index (κ2) is 4.28. The van der Waals surface area contributed by atoms with Crippen LogP contribution in [0.3, 0.4) is 0 Å². The summed E-state index contributed by atoms with van der Waals surface area (Å²) < 4.78 is 0. The second-order valence-corrected chi connectivity index (χ2v) is 3.14. The van der Waals surface area contributed by atoms with Crippen molar-refractivity contribution in [3.8, 4) is 0 Å². The molecule has 11 heavy (non-hydrogen) atoms. The molecule has 0 fully saturated rings. The van der Waals surface area contributed by atoms with Crippen LogP contribution in [0.5, 0.6) is 0 Å². The van der Waals surface area contributed by atoms with Gasteiger partial charge in [0.25, 0.3) is 0 Å². The highest BCUT2D eigenvalue weighted by atomic mass is 32.1. The van der Waals surface area contributed by atoms with Gasteiger partial charge in [0, 0.05) is 13.1 Å². The molecule has 0 aliphatic rings. The molecule has 3 nitrogen and oxygen atoms in total. The first-order valence-corrected chi connectivity index (χ1v) is 3.95. The first-order chi connectivity index (χ1) is 4.95. The molecule has 0 heterocycles. The number of thiocarbonyl (C=S) groups is 1. The van der Waals surface area contributed by atoms with Crippen LogP contribution in [0.2, 0.25) is 0 Å². The molecule has 64 valence electrons. The lowest BCUT2D eigenvalue weighted by atomic mass is 10.4. The zero-order chi connectivity index (χ0) is 9.02. The third-order valence-electron chi connectivity index (χ3n) is 1.22. The fourth-order valence-corrected chi connectivity index (χ4v) is 0.869. The lowest BCUT2D eigenvalue weighted by Crippen LogP contribution is -2.42. The molecule has 0 aliphatic heterocycles. The van der Waals surface area contributed by atoms with Crippen molar-refractivity contribution < 1.29 is 0 Å². The van der Waals surface area contributed by atoms with Crippen molar-refractivity contribution in [2.75, 3.05) is 7.05 Å². The third-order valence-corrected chi connectivity index (χ3v) is 1.61. The maximum absolute atomic E-state index is 7.27. The van der Waals surface area contributed by atoms with Gasteiger partial charge in [0.2, 0.25) is 0 Å². The molecule has 0 aliphatic carbocycles. The normalized spacial score (nSPS) is 9.55. The lowest BCUT2D eigenvalue weighted by molar-refractivity contribution is 0.650. The molecule has 0 saturated heterocycles. The van der Waals surface area contributed by atoms with E-state index in [0.717, 1.165) is 0 Å². The van der Waals surface area contributed by atoms with E-state index in [4.69, 9.17) is 17.6 Å². The van der Waals surface area contributed by atoms with Crippen LogP contribution in [0, 0.1) is 5.41 Å². The molecule has 0 aromatic carbocycles. The van der Waals surface area contributed by atoms with Crippen LogP contribution in [0.4, 0.5) is 0 Å². The van der Waals surface area contributed by atoms with E-state index in [0.29, 0.717) is 17.0 Å². The van der Waals surface area contributed by atoms with E-state index < -0.39 is 0 Å². The van der Waals surface area contributed by atoms with Gasteiger partial charge in [0.05, 0.1) is 5.84 Å². The Morgan fingerprint density at radius 3 is 2.27 bits per heavy atom. The summed E-state index contributed by atoms with van der Waals surface area (Å²) in [6.07, 6.45) is 0. The Labute approximate surface area is 73.3 Å². The van der Waals surface area contributed by atoms with Gasteiger partial charge in [-0.1, -0.05) is 0 Å². The minimum absolute atomic E-state index is 0.323. The number of nitrogens with zero attached hydrogens (tertiary/aromatic N) is 1. The van der Waals surface area contributed by atoms with Crippen LogP contribution in [0.1, 0.15) is 20.8 Å². The molecule has 0 bridgehead atoms. The van der Waals surface area contributed by atoms with E-state index in [1.165, 1.54) is 0 Å². The molecule has 4 heteroatoms. The van der Waals surface area contributed by atoms with Crippen LogP contribution in [0.15, 0.2) is 0 Å².